The van der Waals surface area contributed by atoms with E-state index in [2.05, 4.69) is 27.1 Å². The van der Waals surface area contributed by atoms with Crippen LogP contribution in [-0.4, -0.2) is 54.7 Å². The molecule has 2 fully saturated rings. The predicted molar refractivity (Wildman–Crippen MR) is 186 cm³/mol. The minimum Gasteiger partial charge on any atom is -0.451 e. The van der Waals surface area contributed by atoms with Gasteiger partial charge in [0.1, 0.15) is 11.3 Å². The van der Waals surface area contributed by atoms with Crippen LogP contribution in [0.2, 0.25) is 5.02 Å². The quantitative estimate of drug-likeness (QED) is 0.131. The van der Waals surface area contributed by atoms with Gasteiger partial charge in [-0.3, -0.25) is 14.4 Å². The lowest BCUT2D eigenvalue weighted by molar-refractivity contribution is -0.360. The second-order valence-electron chi connectivity index (χ2n) is 12.9. The van der Waals surface area contributed by atoms with Crippen molar-refractivity contribution in [3.05, 3.63) is 117 Å². The van der Waals surface area contributed by atoms with Gasteiger partial charge in [0, 0.05) is 49.4 Å². The molecule has 274 valence electrons. The standard InChI is InChI=1S/C38H35ClF5N3O5/c39-27-10-8-24(9-11-27)19-28(20-25-14-17-46(18-15-25)31-6-2-1-5-26(31)23-47-16-4-3-7-35(47)49)45-36(50)34-22-32(48)30-21-29(12-13-33(30)51-34)52-38(43,44)37(40,41)42/h1-2,5-6,8-13,20-22,28H,3-4,7,14-19,23H2,(H,45,50)/t28-/m1/s1. The van der Waals surface area contributed by atoms with Crippen molar-refractivity contribution >= 4 is 40.1 Å². The molecule has 14 heteroatoms. The maximum atomic E-state index is 13.5. The first-order valence-corrected chi connectivity index (χ1v) is 17.2. The summed E-state index contributed by atoms with van der Waals surface area (Å²) in [6, 6.07) is 18.1. The molecule has 0 bridgehead atoms. The first kappa shape index (κ1) is 36.9. The monoisotopic (exact) mass is 743 g/mol. The van der Waals surface area contributed by atoms with Crippen molar-refractivity contribution in [2.75, 3.05) is 24.5 Å². The molecule has 8 nitrogen and oxygen atoms in total. The number of rotatable bonds is 10. The zero-order valence-electron chi connectivity index (χ0n) is 27.9. The summed E-state index contributed by atoms with van der Waals surface area (Å²) in [6.45, 7) is 2.76. The van der Waals surface area contributed by atoms with Gasteiger partial charge < -0.3 is 24.3 Å². The molecule has 2 amide bonds. The van der Waals surface area contributed by atoms with Crippen molar-refractivity contribution in [2.45, 2.75) is 63.4 Å². The van der Waals surface area contributed by atoms with Gasteiger partial charge in [-0.25, -0.2) is 0 Å². The highest BCUT2D eigenvalue weighted by molar-refractivity contribution is 6.30. The minimum absolute atomic E-state index is 0.178. The number of carbonyl (C=O) groups is 2. The lowest BCUT2D eigenvalue weighted by Crippen LogP contribution is -2.41. The number of hydrogen-bond acceptors (Lipinski definition) is 6. The average Bonchev–Trinajstić information content (AvgIpc) is 3.10. The maximum absolute atomic E-state index is 13.5. The number of para-hydroxylation sites is 1. The van der Waals surface area contributed by atoms with Crippen LogP contribution in [0.25, 0.3) is 11.0 Å². The van der Waals surface area contributed by atoms with Crippen molar-refractivity contribution in [3.8, 4) is 5.75 Å². The minimum atomic E-state index is -5.97. The number of nitrogens with one attached hydrogen (secondary N) is 1. The van der Waals surface area contributed by atoms with E-state index >= 15 is 0 Å². The van der Waals surface area contributed by atoms with Crippen molar-refractivity contribution in [1.82, 2.24) is 10.2 Å². The smallest absolute Gasteiger partial charge is 0.451 e. The van der Waals surface area contributed by atoms with E-state index in [0.717, 1.165) is 73.1 Å². The zero-order chi connectivity index (χ0) is 37.0. The normalized spacial score (nSPS) is 16.2. The van der Waals surface area contributed by atoms with Crippen molar-refractivity contribution in [2.24, 2.45) is 0 Å². The van der Waals surface area contributed by atoms with E-state index in [0.29, 0.717) is 43.3 Å². The highest BCUT2D eigenvalue weighted by Crippen LogP contribution is 2.38. The van der Waals surface area contributed by atoms with Crippen LogP contribution in [-0.2, 0) is 17.8 Å². The van der Waals surface area contributed by atoms with Gasteiger partial charge >= 0.3 is 12.3 Å². The third-order valence-electron chi connectivity index (χ3n) is 9.14. The Morgan fingerprint density at radius 2 is 1.65 bits per heavy atom. The first-order chi connectivity index (χ1) is 24.8. The Morgan fingerprint density at radius 3 is 2.37 bits per heavy atom. The second-order valence-corrected chi connectivity index (χ2v) is 13.3. The molecule has 2 aliphatic heterocycles. The Morgan fingerprint density at radius 1 is 0.923 bits per heavy atom. The summed E-state index contributed by atoms with van der Waals surface area (Å²) in [7, 11) is 0. The SMILES string of the molecule is O=C(N[C@@H](C=C1CCN(c2ccccc2CN2CCCCC2=O)CC1)Cc1ccc(Cl)cc1)c1cc(=O)c2cc(OC(F)(F)C(F)(F)F)ccc2o1. The van der Waals surface area contributed by atoms with E-state index in [1.54, 1.807) is 12.1 Å². The highest BCUT2D eigenvalue weighted by atomic mass is 35.5. The Balaban J connectivity index is 1.18. The molecule has 0 radical (unpaired) electrons. The number of halogens is 6. The third kappa shape index (κ3) is 8.75. The number of benzene rings is 3. The number of amides is 2. The maximum Gasteiger partial charge on any atom is 0.499 e. The fourth-order valence-electron chi connectivity index (χ4n) is 6.46. The summed E-state index contributed by atoms with van der Waals surface area (Å²) in [5.74, 6) is -1.82. The van der Waals surface area contributed by atoms with Gasteiger partial charge in [0.15, 0.2) is 11.2 Å². The number of nitrogens with zero attached hydrogens (tertiary/aromatic N) is 2. The predicted octanol–water partition coefficient (Wildman–Crippen LogP) is 8.06. The molecule has 6 rings (SSSR count). The van der Waals surface area contributed by atoms with Gasteiger partial charge in [-0.1, -0.05) is 53.6 Å². The van der Waals surface area contributed by atoms with Crippen LogP contribution >= 0.6 is 11.6 Å². The number of fused-ring (bicyclic) bond motifs is 1. The van der Waals surface area contributed by atoms with E-state index < -0.39 is 35.4 Å². The number of carbonyl (C=O) groups excluding carboxylic acids is 2. The zero-order valence-corrected chi connectivity index (χ0v) is 28.6. The Bertz CT molecular complexity index is 2020. The lowest BCUT2D eigenvalue weighted by Gasteiger charge is -2.34. The largest absolute Gasteiger partial charge is 0.499 e. The fourth-order valence-corrected chi connectivity index (χ4v) is 6.58. The molecule has 2 saturated heterocycles. The fraction of sp³-hybridized carbons (Fsp3) is 0.342. The van der Waals surface area contributed by atoms with E-state index in [1.807, 2.05) is 35.2 Å². The Kier molecular flexibility index (Phi) is 10.9. The second kappa shape index (κ2) is 15.4. The van der Waals surface area contributed by atoms with E-state index in [9.17, 15) is 36.3 Å². The summed E-state index contributed by atoms with van der Waals surface area (Å²) in [4.78, 5) is 43.1. The Labute approximate surface area is 300 Å². The lowest BCUT2D eigenvalue weighted by atomic mass is 9.97. The van der Waals surface area contributed by atoms with Crippen molar-refractivity contribution in [3.63, 3.8) is 0 Å². The summed E-state index contributed by atoms with van der Waals surface area (Å²) in [5, 5.41) is 3.12. The number of piperidine rings is 2. The van der Waals surface area contributed by atoms with Crippen molar-refractivity contribution in [1.29, 1.82) is 0 Å². The highest BCUT2D eigenvalue weighted by Gasteiger charge is 2.61. The van der Waals surface area contributed by atoms with Crippen LogP contribution in [0, 0.1) is 0 Å². The van der Waals surface area contributed by atoms with E-state index in [-0.39, 0.29) is 22.6 Å². The number of likely N-dealkylation sites (tertiary alicyclic amines) is 1. The van der Waals surface area contributed by atoms with Crippen LogP contribution in [0.5, 0.6) is 5.75 Å². The summed E-state index contributed by atoms with van der Waals surface area (Å²) in [5.41, 5.74) is 3.14. The van der Waals surface area contributed by atoms with Gasteiger partial charge in [0.2, 0.25) is 5.91 Å². The summed E-state index contributed by atoms with van der Waals surface area (Å²) < 4.78 is 74.2. The molecule has 1 aromatic heterocycles. The van der Waals surface area contributed by atoms with Crippen LogP contribution in [0.3, 0.4) is 0 Å². The number of alkyl halides is 5. The number of hydrogen-bond donors (Lipinski definition) is 1. The molecule has 0 unspecified atom stereocenters. The topological polar surface area (TPSA) is 92.1 Å². The number of anilines is 1. The van der Waals surface area contributed by atoms with Gasteiger partial charge in [0.05, 0.1) is 11.4 Å². The van der Waals surface area contributed by atoms with Crippen LogP contribution in [0.1, 0.15) is 53.8 Å². The van der Waals surface area contributed by atoms with Crippen molar-refractivity contribution < 1.29 is 40.7 Å². The van der Waals surface area contributed by atoms with Crippen LogP contribution < -0.4 is 20.4 Å². The molecule has 0 saturated carbocycles. The molecule has 1 N–H and O–H groups in total. The molecule has 4 aromatic rings. The Hall–Kier alpha value is -4.91. The van der Waals surface area contributed by atoms with Gasteiger partial charge in [-0.15, -0.1) is 0 Å². The van der Waals surface area contributed by atoms with Gasteiger partial charge in [-0.2, -0.15) is 22.0 Å². The molecule has 0 aliphatic carbocycles. The first-order valence-electron chi connectivity index (χ1n) is 16.8. The van der Waals surface area contributed by atoms with E-state index in [4.69, 9.17) is 16.0 Å². The third-order valence-corrected chi connectivity index (χ3v) is 9.39. The van der Waals surface area contributed by atoms with Crippen LogP contribution in [0.4, 0.5) is 27.6 Å². The molecule has 2 aliphatic rings. The summed E-state index contributed by atoms with van der Waals surface area (Å²) >= 11 is 6.09. The molecular weight excluding hydrogens is 709 g/mol. The molecule has 0 spiro atoms. The molecule has 52 heavy (non-hydrogen) atoms. The van der Waals surface area contributed by atoms with E-state index in [1.165, 1.54) is 0 Å². The average molecular weight is 744 g/mol. The molecule has 3 aromatic carbocycles. The molecule has 3 heterocycles. The summed E-state index contributed by atoms with van der Waals surface area (Å²) in [6.07, 6.45) is -5.14. The molecular formula is C38H35ClF5N3O5. The van der Waals surface area contributed by atoms with Gasteiger partial charge in [-0.05, 0) is 79.6 Å². The molecule has 1 atom stereocenters. The number of ether oxygens (including phenoxy) is 1. The van der Waals surface area contributed by atoms with Gasteiger partial charge in [0.25, 0.3) is 5.91 Å². The van der Waals surface area contributed by atoms with Crippen LogP contribution in [0.15, 0.2) is 93.7 Å².